The summed E-state index contributed by atoms with van der Waals surface area (Å²) in [4.78, 5) is 4.46. The van der Waals surface area contributed by atoms with Crippen molar-refractivity contribution in [1.82, 2.24) is 15.1 Å². The van der Waals surface area contributed by atoms with E-state index in [1.54, 1.807) is 30.4 Å². The Morgan fingerprint density at radius 1 is 1.28 bits per heavy atom. The van der Waals surface area contributed by atoms with Crippen molar-refractivity contribution in [2.75, 3.05) is 43.5 Å². The third-order valence-electron chi connectivity index (χ3n) is 5.49. The average Bonchev–Trinajstić information content (AvgIpc) is 2.71. The largest absolute Gasteiger partial charge is 0.507 e. The van der Waals surface area contributed by atoms with E-state index in [4.69, 9.17) is 15.9 Å². The number of allylic oxidation sites excluding steroid dienone is 2. The minimum atomic E-state index is -0.202. The fraction of sp³-hybridized carbons (Fsp3) is 0.286. The molecular weight excluding hydrogens is 368 g/mol. The molecule has 1 spiro atoms. The normalized spacial score (nSPS) is 18.4. The zero-order valence-corrected chi connectivity index (χ0v) is 16.1. The Kier molecular flexibility index (Phi) is 4.94. The van der Waals surface area contributed by atoms with Gasteiger partial charge in [0.05, 0.1) is 24.6 Å². The molecule has 8 nitrogen and oxygen atoms in total. The number of para-hydroxylation sites is 1. The van der Waals surface area contributed by atoms with Crippen LogP contribution in [0.1, 0.15) is 0 Å². The average molecular weight is 392 g/mol. The quantitative estimate of drug-likeness (QED) is 0.527. The van der Waals surface area contributed by atoms with E-state index in [1.807, 2.05) is 12.1 Å². The van der Waals surface area contributed by atoms with E-state index in [1.165, 1.54) is 6.21 Å². The van der Waals surface area contributed by atoms with E-state index in [0.29, 0.717) is 36.8 Å². The molecule has 0 unspecified atom stereocenters. The van der Waals surface area contributed by atoms with Crippen LogP contribution in [0.4, 0.5) is 11.5 Å². The maximum atomic E-state index is 10.2. The van der Waals surface area contributed by atoms with Gasteiger partial charge in [0, 0.05) is 37.1 Å². The number of aromatic nitrogens is 2. The number of ether oxygens (including phenoxy) is 1. The lowest BCUT2D eigenvalue weighted by molar-refractivity contribution is -0.129. The van der Waals surface area contributed by atoms with Crippen LogP contribution in [0.2, 0.25) is 0 Å². The molecule has 29 heavy (non-hydrogen) atoms. The Morgan fingerprint density at radius 3 is 2.72 bits per heavy atom. The second-order valence-corrected chi connectivity index (χ2v) is 7.27. The summed E-state index contributed by atoms with van der Waals surface area (Å²) in [6.07, 6.45) is 4.81. The SMILES string of the molecule is C=C/C(=C\C=N)N1CCN(c2cc(-c3ccccc3O)nnc2N)CC12COC2. The summed E-state index contributed by atoms with van der Waals surface area (Å²) in [5, 5.41) is 25.9. The Hall–Kier alpha value is -3.39. The Morgan fingerprint density at radius 2 is 2.07 bits per heavy atom. The van der Waals surface area contributed by atoms with E-state index >= 15 is 0 Å². The number of anilines is 2. The van der Waals surface area contributed by atoms with Crippen molar-refractivity contribution in [1.29, 1.82) is 5.41 Å². The molecule has 2 aliphatic heterocycles. The molecule has 2 fully saturated rings. The van der Waals surface area contributed by atoms with E-state index in [-0.39, 0.29) is 11.3 Å². The van der Waals surface area contributed by atoms with E-state index < -0.39 is 0 Å². The van der Waals surface area contributed by atoms with Gasteiger partial charge in [-0.25, -0.2) is 0 Å². The van der Waals surface area contributed by atoms with Gasteiger partial charge in [-0.05, 0) is 30.4 Å². The van der Waals surface area contributed by atoms with Crippen LogP contribution in [0.3, 0.4) is 0 Å². The summed E-state index contributed by atoms with van der Waals surface area (Å²) >= 11 is 0. The fourth-order valence-corrected chi connectivity index (χ4v) is 3.99. The number of phenolic OH excluding ortho intramolecular Hbond substituents is 1. The van der Waals surface area contributed by atoms with Gasteiger partial charge in [0.25, 0.3) is 0 Å². The minimum Gasteiger partial charge on any atom is -0.507 e. The van der Waals surface area contributed by atoms with Crippen LogP contribution >= 0.6 is 0 Å². The number of rotatable bonds is 5. The van der Waals surface area contributed by atoms with Crippen LogP contribution < -0.4 is 10.6 Å². The molecule has 0 saturated carbocycles. The van der Waals surface area contributed by atoms with Crippen LogP contribution in [0.15, 0.2) is 54.8 Å². The molecule has 1 aromatic heterocycles. The number of piperazine rings is 1. The lowest BCUT2D eigenvalue weighted by Crippen LogP contribution is -2.71. The number of aromatic hydroxyl groups is 1. The van der Waals surface area contributed by atoms with Crippen molar-refractivity contribution < 1.29 is 9.84 Å². The number of hydrogen-bond acceptors (Lipinski definition) is 8. The zero-order chi connectivity index (χ0) is 20.4. The van der Waals surface area contributed by atoms with Crippen LogP contribution in [-0.4, -0.2) is 64.8 Å². The lowest BCUT2D eigenvalue weighted by Gasteiger charge is -2.56. The highest BCUT2D eigenvalue weighted by Crippen LogP contribution is 2.37. The molecule has 4 N–H and O–H groups in total. The maximum absolute atomic E-state index is 10.2. The lowest BCUT2D eigenvalue weighted by atomic mass is 9.90. The molecule has 1 aromatic carbocycles. The number of nitrogens with two attached hydrogens (primary N) is 1. The standard InChI is InChI=1S/C21H24N6O2/c1-2-15(7-8-22)27-10-9-26(12-21(27)13-29-14-21)18-11-17(24-25-20(18)23)16-5-3-4-6-19(16)28/h2-8,11,22,28H,1,9-10,12-14H2,(H2,23,25)/b15-7+,22-8?. The van der Waals surface area contributed by atoms with Crippen LogP contribution in [0.5, 0.6) is 5.75 Å². The Labute approximate surface area is 169 Å². The molecule has 4 rings (SSSR count). The molecule has 8 heteroatoms. The van der Waals surface area contributed by atoms with Crippen molar-refractivity contribution in [3.63, 3.8) is 0 Å². The number of nitrogens with one attached hydrogen (secondary N) is 1. The van der Waals surface area contributed by atoms with Gasteiger partial charge in [-0.1, -0.05) is 18.7 Å². The predicted molar refractivity (Wildman–Crippen MR) is 113 cm³/mol. The smallest absolute Gasteiger partial charge is 0.169 e. The molecule has 2 aromatic rings. The summed E-state index contributed by atoms with van der Waals surface area (Å²) in [5.74, 6) is 0.505. The summed E-state index contributed by atoms with van der Waals surface area (Å²) in [5.41, 5.74) is 8.87. The first-order chi connectivity index (χ1) is 14.1. The fourth-order valence-electron chi connectivity index (χ4n) is 3.99. The maximum Gasteiger partial charge on any atom is 0.169 e. The third kappa shape index (κ3) is 3.31. The van der Waals surface area contributed by atoms with Gasteiger partial charge in [-0.15, -0.1) is 10.2 Å². The highest BCUT2D eigenvalue weighted by molar-refractivity contribution is 5.74. The van der Waals surface area contributed by atoms with Crippen molar-refractivity contribution in [3.8, 4) is 17.0 Å². The summed E-state index contributed by atoms with van der Waals surface area (Å²) in [6, 6.07) is 8.92. The molecule has 0 aliphatic carbocycles. The molecule has 2 saturated heterocycles. The predicted octanol–water partition coefficient (Wildman–Crippen LogP) is 2.04. The second-order valence-electron chi connectivity index (χ2n) is 7.27. The first kappa shape index (κ1) is 18.9. The molecule has 150 valence electrons. The highest BCUT2D eigenvalue weighted by atomic mass is 16.5. The number of nitrogen functional groups attached to an aromatic ring is 1. The van der Waals surface area contributed by atoms with Crippen LogP contribution in [-0.2, 0) is 4.74 Å². The van der Waals surface area contributed by atoms with Gasteiger partial charge in [-0.3, -0.25) is 0 Å². The van der Waals surface area contributed by atoms with Crippen molar-refractivity contribution in [2.24, 2.45) is 0 Å². The summed E-state index contributed by atoms with van der Waals surface area (Å²) in [6.45, 7) is 7.25. The number of benzene rings is 1. The van der Waals surface area contributed by atoms with Crippen molar-refractivity contribution in [2.45, 2.75) is 5.54 Å². The zero-order valence-electron chi connectivity index (χ0n) is 16.1. The van der Waals surface area contributed by atoms with Crippen LogP contribution in [0.25, 0.3) is 11.3 Å². The molecule has 2 aliphatic rings. The first-order valence-corrected chi connectivity index (χ1v) is 9.43. The molecular formula is C21H24N6O2. The van der Waals surface area contributed by atoms with E-state index in [9.17, 15) is 5.11 Å². The van der Waals surface area contributed by atoms with Crippen LogP contribution in [0, 0.1) is 5.41 Å². The van der Waals surface area contributed by atoms with E-state index in [0.717, 1.165) is 24.5 Å². The van der Waals surface area contributed by atoms with Gasteiger partial charge in [0.15, 0.2) is 5.82 Å². The highest BCUT2D eigenvalue weighted by Gasteiger charge is 2.48. The Balaban J connectivity index is 1.66. The van der Waals surface area contributed by atoms with Gasteiger partial charge < -0.3 is 30.8 Å². The molecule has 0 radical (unpaired) electrons. The number of phenols is 1. The second kappa shape index (κ2) is 7.56. The van der Waals surface area contributed by atoms with Gasteiger partial charge in [0.2, 0.25) is 0 Å². The Bertz CT molecular complexity index is 969. The monoisotopic (exact) mass is 392 g/mol. The van der Waals surface area contributed by atoms with Gasteiger partial charge in [0.1, 0.15) is 11.3 Å². The van der Waals surface area contributed by atoms with Gasteiger partial charge >= 0.3 is 0 Å². The first-order valence-electron chi connectivity index (χ1n) is 9.43. The number of hydrogen-bond donors (Lipinski definition) is 3. The van der Waals surface area contributed by atoms with Crippen molar-refractivity contribution in [3.05, 3.63) is 54.8 Å². The van der Waals surface area contributed by atoms with Crippen molar-refractivity contribution >= 4 is 17.7 Å². The minimum absolute atomic E-state index is 0.151. The summed E-state index contributed by atoms with van der Waals surface area (Å²) in [7, 11) is 0. The molecule has 0 amide bonds. The third-order valence-corrected chi connectivity index (χ3v) is 5.49. The van der Waals surface area contributed by atoms with E-state index in [2.05, 4.69) is 26.6 Å². The molecule has 0 bridgehead atoms. The topological polar surface area (TPSA) is 112 Å². The molecule has 3 heterocycles. The van der Waals surface area contributed by atoms with Gasteiger partial charge in [-0.2, -0.15) is 0 Å². The molecule has 0 atom stereocenters. The number of nitrogens with zero attached hydrogens (tertiary/aromatic N) is 4. The summed E-state index contributed by atoms with van der Waals surface area (Å²) < 4.78 is 5.56.